The Morgan fingerprint density at radius 2 is 1.81 bits per heavy atom. The van der Waals surface area contributed by atoms with Crippen LogP contribution in [-0.4, -0.2) is 38.3 Å². The van der Waals surface area contributed by atoms with Crippen LogP contribution in [0.1, 0.15) is 25.3 Å². The van der Waals surface area contributed by atoms with Crippen LogP contribution < -0.4 is 15.2 Å². The largest absolute Gasteiger partial charge is 0.493 e. The minimum Gasteiger partial charge on any atom is -0.493 e. The van der Waals surface area contributed by atoms with Gasteiger partial charge in [-0.2, -0.15) is 0 Å². The number of rotatable bonds is 5. The van der Waals surface area contributed by atoms with Crippen molar-refractivity contribution in [3.63, 3.8) is 0 Å². The van der Waals surface area contributed by atoms with E-state index in [1.807, 2.05) is 6.07 Å². The van der Waals surface area contributed by atoms with Gasteiger partial charge in [-0.1, -0.05) is 6.07 Å². The molecule has 2 rings (SSSR count). The summed E-state index contributed by atoms with van der Waals surface area (Å²) in [5, 5.41) is 0. The molecular formula is C16H27ClN2O2. The molecule has 1 unspecified atom stereocenters. The lowest BCUT2D eigenvalue weighted by Gasteiger charge is -2.33. The maximum Gasteiger partial charge on any atom is 0.161 e. The maximum atomic E-state index is 5.99. The second kappa shape index (κ2) is 8.47. The average molecular weight is 315 g/mol. The highest BCUT2D eigenvalue weighted by molar-refractivity contribution is 5.85. The lowest BCUT2D eigenvalue weighted by atomic mass is 9.91. The highest BCUT2D eigenvalue weighted by atomic mass is 35.5. The summed E-state index contributed by atoms with van der Waals surface area (Å²) in [4.78, 5) is 2.49. The standard InChI is InChI=1S/C16H26N2O2.ClH/c1-12(17)14-6-8-18(9-7-14)11-13-4-5-15(19-2)16(10-13)20-3;/h4-5,10,12,14H,6-9,11,17H2,1-3H3;1H. The molecule has 1 aromatic rings. The average Bonchev–Trinajstić information content (AvgIpc) is 2.47. The van der Waals surface area contributed by atoms with Crippen molar-refractivity contribution in [1.82, 2.24) is 4.90 Å². The van der Waals surface area contributed by atoms with Crippen molar-refractivity contribution in [1.29, 1.82) is 0 Å². The number of benzene rings is 1. The first-order valence-electron chi connectivity index (χ1n) is 7.33. The van der Waals surface area contributed by atoms with Gasteiger partial charge in [-0.25, -0.2) is 0 Å². The van der Waals surface area contributed by atoms with Gasteiger partial charge in [0.1, 0.15) is 0 Å². The van der Waals surface area contributed by atoms with Gasteiger partial charge in [-0.05, 0) is 56.5 Å². The molecule has 21 heavy (non-hydrogen) atoms. The molecule has 1 aromatic carbocycles. The molecule has 0 radical (unpaired) electrons. The Kier molecular flexibility index (Phi) is 7.29. The van der Waals surface area contributed by atoms with Gasteiger partial charge in [0.05, 0.1) is 14.2 Å². The maximum absolute atomic E-state index is 5.99. The Hall–Kier alpha value is -0.970. The van der Waals surface area contributed by atoms with E-state index in [0.717, 1.165) is 31.1 Å². The van der Waals surface area contributed by atoms with Gasteiger partial charge in [0.25, 0.3) is 0 Å². The molecule has 0 amide bonds. The molecule has 0 saturated carbocycles. The smallest absolute Gasteiger partial charge is 0.161 e. The summed E-state index contributed by atoms with van der Waals surface area (Å²) in [7, 11) is 3.34. The minimum absolute atomic E-state index is 0. The van der Waals surface area contributed by atoms with Crippen LogP contribution in [0.2, 0.25) is 0 Å². The summed E-state index contributed by atoms with van der Waals surface area (Å²) in [6, 6.07) is 6.47. The van der Waals surface area contributed by atoms with Gasteiger partial charge >= 0.3 is 0 Å². The predicted molar refractivity (Wildman–Crippen MR) is 88.4 cm³/mol. The molecule has 0 bridgehead atoms. The molecular weight excluding hydrogens is 288 g/mol. The van der Waals surface area contributed by atoms with E-state index in [2.05, 4.69) is 24.0 Å². The molecule has 1 heterocycles. The summed E-state index contributed by atoms with van der Waals surface area (Å²) >= 11 is 0. The molecule has 4 nitrogen and oxygen atoms in total. The van der Waals surface area contributed by atoms with Gasteiger partial charge in [-0.15, -0.1) is 12.4 Å². The van der Waals surface area contributed by atoms with Gasteiger partial charge in [0.2, 0.25) is 0 Å². The van der Waals surface area contributed by atoms with E-state index in [9.17, 15) is 0 Å². The Balaban J connectivity index is 0.00000220. The molecule has 1 atom stereocenters. The van der Waals surface area contributed by atoms with E-state index in [1.165, 1.54) is 18.4 Å². The molecule has 2 N–H and O–H groups in total. The fraction of sp³-hybridized carbons (Fsp3) is 0.625. The summed E-state index contributed by atoms with van der Waals surface area (Å²) in [5.41, 5.74) is 7.25. The first-order chi connectivity index (χ1) is 9.63. The molecule has 1 aliphatic heterocycles. The van der Waals surface area contributed by atoms with Crippen molar-refractivity contribution in [2.24, 2.45) is 11.7 Å². The summed E-state index contributed by atoms with van der Waals surface area (Å²) in [5.74, 6) is 2.26. The molecule has 0 spiro atoms. The Labute approximate surface area is 134 Å². The number of hydrogen-bond donors (Lipinski definition) is 1. The van der Waals surface area contributed by atoms with Crippen LogP contribution in [0.25, 0.3) is 0 Å². The van der Waals surface area contributed by atoms with Crippen LogP contribution in [0.3, 0.4) is 0 Å². The normalized spacial score (nSPS) is 17.9. The van der Waals surface area contributed by atoms with Crippen LogP contribution in [0.5, 0.6) is 11.5 Å². The lowest BCUT2D eigenvalue weighted by molar-refractivity contribution is 0.165. The Morgan fingerprint density at radius 3 is 2.33 bits per heavy atom. The van der Waals surface area contributed by atoms with Crippen LogP contribution in [0.15, 0.2) is 18.2 Å². The third-order valence-corrected chi connectivity index (χ3v) is 4.23. The number of likely N-dealkylation sites (tertiary alicyclic amines) is 1. The topological polar surface area (TPSA) is 47.7 Å². The number of methoxy groups -OCH3 is 2. The number of ether oxygens (including phenoxy) is 2. The van der Waals surface area contributed by atoms with E-state index in [4.69, 9.17) is 15.2 Å². The van der Waals surface area contributed by atoms with Crippen molar-refractivity contribution in [2.75, 3.05) is 27.3 Å². The second-order valence-electron chi connectivity index (χ2n) is 5.66. The number of hydrogen-bond acceptors (Lipinski definition) is 4. The zero-order valence-corrected chi connectivity index (χ0v) is 14.0. The molecule has 1 saturated heterocycles. The highest BCUT2D eigenvalue weighted by Crippen LogP contribution is 2.29. The first kappa shape index (κ1) is 18.1. The number of nitrogens with zero attached hydrogens (tertiary/aromatic N) is 1. The molecule has 1 aliphatic rings. The van der Waals surface area contributed by atoms with Crippen molar-refractivity contribution in [3.8, 4) is 11.5 Å². The van der Waals surface area contributed by atoms with Crippen LogP contribution in [0, 0.1) is 5.92 Å². The Bertz CT molecular complexity index is 432. The number of piperidine rings is 1. The quantitative estimate of drug-likeness (QED) is 0.908. The first-order valence-corrected chi connectivity index (χ1v) is 7.33. The number of halogens is 1. The highest BCUT2D eigenvalue weighted by Gasteiger charge is 2.21. The molecule has 120 valence electrons. The SMILES string of the molecule is COc1ccc(CN2CCC(C(C)N)CC2)cc1OC.Cl. The van der Waals surface area contributed by atoms with Crippen molar-refractivity contribution in [3.05, 3.63) is 23.8 Å². The Morgan fingerprint density at radius 1 is 1.19 bits per heavy atom. The van der Waals surface area contributed by atoms with Crippen LogP contribution in [0.4, 0.5) is 0 Å². The van der Waals surface area contributed by atoms with Gasteiger partial charge < -0.3 is 15.2 Å². The fourth-order valence-electron chi connectivity index (χ4n) is 2.87. The zero-order chi connectivity index (χ0) is 14.5. The van der Waals surface area contributed by atoms with Crippen LogP contribution in [-0.2, 0) is 6.54 Å². The van der Waals surface area contributed by atoms with Crippen LogP contribution >= 0.6 is 12.4 Å². The van der Waals surface area contributed by atoms with Crippen molar-refractivity contribution >= 4 is 12.4 Å². The molecule has 5 heteroatoms. The molecule has 0 aromatic heterocycles. The van der Waals surface area contributed by atoms with Crippen molar-refractivity contribution < 1.29 is 9.47 Å². The van der Waals surface area contributed by atoms with Crippen molar-refractivity contribution in [2.45, 2.75) is 32.4 Å². The minimum atomic E-state index is 0. The zero-order valence-electron chi connectivity index (χ0n) is 13.2. The van der Waals surface area contributed by atoms with E-state index < -0.39 is 0 Å². The summed E-state index contributed by atoms with van der Waals surface area (Å²) in [6.45, 7) is 5.34. The van der Waals surface area contributed by atoms with E-state index >= 15 is 0 Å². The monoisotopic (exact) mass is 314 g/mol. The van der Waals surface area contributed by atoms with Gasteiger partial charge in [0, 0.05) is 12.6 Å². The van der Waals surface area contributed by atoms with Gasteiger partial charge in [-0.3, -0.25) is 4.90 Å². The number of nitrogens with two attached hydrogens (primary N) is 1. The third kappa shape index (κ3) is 4.77. The van der Waals surface area contributed by atoms with Gasteiger partial charge in [0.15, 0.2) is 11.5 Å². The fourth-order valence-corrected chi connectivity index (χ4v) is 2.87. The third-order valence-electron chi connectivity index (χ3n) is 4.23. The second-order valence-corrected chi connectivity index (χ2v) is 5.66. The molecule has 0 aliphatic carbocycles. The summed E-state index contributed by atoms with van der Waals surface area (Å²) < 4.78 is 10.6. The van der Waals surface area contributed by atoms with E-state index in [-0.39, 0.29) is 12.4 Å². The lowest BCUT2D eigenvalue weighted by Crippen LogP contribution is -2.39. The van der Waals surface area contributed by atoms with E-state index in [0.29, 0.717) is 12.0 Å². The summed E-state index contributed by atoms with van der Waals surface area (Å²) in [6.07, 6.45) is 2.40. The van der Waals surface area contributed by atoms with E-state index in [1.54, 1.807) is 14.2 Å². The predicted octanol–water partition coefficient (Wildman–Crippen LogP) is 2.68. The molecule has 1 fully saturated rings.